The van der Waals surface area contributed by atoms with Crippen molar-refractivity contribution in [3.63, 3.8) is 0 Å². The number of nitrogens with zero attached hydrogens (tertiary/aromatic N) is 4. The quantitative estimate of drug-likeness (QED) is 0.361. The van der Waals surface area contributed by atoms with Gasteiger partial charge in [0.1, 0.15) is 22.8 Å². The van der Waals surface area contributed by atoms with Gasteiger partial charge in [-0.1, -0.05) is 13.3 Å². The minimum atomic E-state index is -0.385. The van der Waals surface area contributed by atoms with Gasteiger partial charge in [0.05, 0.1) is 12.7 Å². The highest BCUT2D eigenvalue weighted by Crippen LogP contribution is 2.29. The molecule has 0 saturated carbocycles. The topological polar surface area (TPSA) is 161 Å². The van der Waals surface area contributed by atoms with Crippen molar-refractivity contribution in [1.82, 2.24) is 19.9 Å². The van der Waals surface area contributed by atoms with Gasteiger partial charge in [0.15, 0.2) is 5.82 Å². The number of aromatic nitrogens is 3. The smallest absolute Gasteiger partial charge is 0.319 e. The molecule has 0 aromatic carbocycles. The average molecular weight is 433 g/mol. The molecule has 1 unspecified atom stereocenters. The highest BCUT2D eigenvalue weighted by atomic mass is 16.5. The Kier molecular flexibility index (Phi) is 9.49. The van der Waals surface area contributed by atoms with Crippen molar-refractivity contribution in [3.05, 3.63) is 11.3 Å². The van der Waals surface area contributed by atoms with Crippen molar-refractivity contribution in [2.75, 3.05) is 32.5 Å². The zero-order valence-corrected chi connectivity index (χ0v) is 18.2. The van der Waals surface area contributed by atoms with Crippen molar-refractivity contribution in [3.8, 4) is 12.1 Å². The first kappa shape index (κ1) is 24.4. The maximum absolute atomic E-state index is 10.7. The fourth-order valence-corrected chi connectivity index (χ4v) is 3.77. The van der Waals surface area contributed by atoms with Crippen molar-refractivity contribution < 1.29 is 19.7 Å². The second-order valence-electron chi connectivity index (χ2n) is 7.76. The maximum Gasteiger partial charge on any atom is 0.319 e. The largest absolute Gasteiger partial charge is 0.483 e. The second-order valence-corrected chi connectivity index (χ2v) is 7.76. The molecule has 0 aliphatic carbocycles. The van der Waals surface area contributed by atoms with Crippen molar-refractivity contribution >= 4 is 23.3 Å². The molecule has 1 atom stereocenters. The summed E-state index contributed by atoms with van der Waals surface area (Å²) in [7, 11) is 2.11. The predicted molar refractivity (Wildman–Crippen MR) is 117 cm³/mol. The highest BCUT2D eigenvalue weighted by Gasteiger charge is 2.25. The number of fused-ring (bicyclic) bond motifs is 1. The number of anilines is 1. The number of nitrogen functional groups attached to an aromatic ring is 1. The van der Waals surface area contributed by atoms with Crippen LogP contribution in [0.15, 0.2) is 0 Å². The number of hydrogen-bond acceptors (Lipinski definition) is 8. The molecule has 0 amide bonds. The number of nitriles is 1. The van der Waals surface area contributed by atoms with Crippen LogP contribution in [0.3, 0.4) is 0 Å². The van der Waals surface area contributed by atoms with Gasteiger partial charge < -0.3 is 30.6 Å². The number of ether oxygens (including phenoxy) is 1. The van der Waals surface area contributed by atoms with Gasteiger partial charge >= 0.3 is 6.01 Å². The van der Waals surface area contributed by atoms with Gasteiger partial charge in [-0.15, -0.1) is 0 Å². The van der Waals surface area contributed by atoms with Crippen LogP contribution in [0.1, 0.15) is 50.3 Å². The lowest BCUT2D eigenvalue weighted by molar-refractivity contribution is -0.122. The predicted octanol–water partition coefficient (Wildman–Crippen LogP) is 1.93. The highest BCUT2D eigenvalue weighted by molar-refractivity contribution is 5.89. The molecule has 3 rings (SSSR count). The Morgan fingerprint density at radius 1 is 1.42 bits per heavy atom. The molecular weight excluding hydrogens is 400 g/mol. The number of unbranched alkanes of at least 4 members (excludes halogenated alkanes) is 1. The van der Waals surface area contributed by atoms with Crippen LogP contribution in [0.5, 0.6) is 6.01 Å². The Morgan fingerprint density at radius 3 is 2.71 bits per heavy atom. The van der Waals surface area contributed by atoms with Crippen molar-refractivity contribution in [1.29, 1.82) is 5.26 Å². The number of aliphatic hydroxyl groups is 1. The van der Waals surface area contributed by atoms with Crippen LogP contribution in [-0.4, -0.2) is 69.4 Å². The monoisotopic (exact) mass is 432 g/mol. The molecule has 5 N–H and O–H groups in total. The van der Waals surface area contributed by atoms with E-state index in [1.807, 2.05) is 0 Å². The Morgan fingerprint density at radius 2 is 2.10 bits per heavy atom. The summed E-state index contributed by atoms with van der Waals surface area (Å²) in [6, 6.07) is 2.42. The van der Waals surface area contributed by atoms with Gasteiger partial charge in [0.25, 0.3) is 6.47 Å². The number of rotatable bonds is 8. The molecule has 170 valence electrons. The molecule has 1 aliphatic rings. The van der Waals surface area contributed by atoms with Crippen LogP contribution in [-0.2, 0) is 11.2 Å². The summed E-state index contributed by atoms with van der Waals surface area (Å²) in [5.74, 6) is 0.578. The first-order valence-electron chi connectivity index (χ1n) is 10.6. The zero-order valence-electron chi connectivity index (χ0n) is 18.2. The summed E-state index contributed by atoms with van der Waals surface area (Å²) >= 11 is 0. The lowest BCUT2D eigenvalue weighted by atomic mass is 9.88. The average Bonchev–Trinajstić information content (AvgIpc) is 3.11. The number of aromatic amines is 1. The minimum Gasteiger partial charge on any atom is -0.483 e. The van der Waals surface area contributed by atoms with E-state index in [9.17, 15) is 10.4 Å². The van der Waals surface area contributed by atoms with Crippen molar-refractivity contribution in [2.24, 2.45) is 5.92 Å². The van der Waals surface area contributed by atoms with Crippen LogP contribution in [0.4, 0.5) is 5.82 Å². The van der Waals surface area contributed by atoms with E-state index >= 15 is 0 Å². The molecule has 3 heterocycles. The fourth-order valence-electron chi connectivity index (χ4n) is 3.77. The number of aryl methyl sites for hydroxylation is 1. The Labute approximate surface area is 182 Å². The molecule has 1 aliphatic heterocycles. The molecule has 0 spiro atoms. The van der Waals surface area contributed by atoms with E-state index < -0.39 is 0 Å². The number of carboxylic acid groups (broad SMARTS) is 1. The molecule has 2 aromatic heterocycles. The van der Waals surface area contributed by atoms with Gasteiger partial charge in [0, 0.05) is 5.56 Å². The standard InChI is InChI=1S/C20H30N6O2.CH2O2/c1-3-4-11-28-20-24-17-14(15(12-21)23-18(17)19(22)25-20)5-6-16(27)13-7-9-26(2)10-8-13;2-1-3/h13,16,23,27H,3-11H2,1-2H3,(H2,22,24,25);1H,(H,2,3). The lowest BCUT2D eigenvalue weighted by Crippen LogP contribution is -2.35. The van der Waals surface area contributed by atoms with Gasteiger partial charge in [-0.3, -0.25) is 4.79 Å². The van der Waals surface area contributed by atoms with Crippen molar-refractivity contribution in [2.45, 2.75) is 51.6 Å². The molecule has 10 nitrogen and oxygen atoms in total. The zero-order chi connectivity index (χ0) is 22.8. The van der Waals surface area contributed by atoms with Crippen LogP contribution < -0.4 is 10.5 Å². The first-order valence-corrected chi connectivity index (χ1v) is 10.6. The van der Waals surface area contributed by atoms with E-state index in [0.717, 1.165) is 44.3 Å². The third kappa shape index (κ3) is 6.54. The number of piperidine rings is 1. The van der Waals surface area contributed by atoms with Crippen LogP contribution in [0.25, 0.3) is 11.0 Å². The molecule has 10 heteroatoms. The van der Waals surface area contributed by atoms with Crippen LogP contribution >= 0.6 is 0 Å². The molecule has 1 saturated heterocycles. The van der Waals surface area contributed by atoms with Gasteiger partial charge in [0.2, 0.25) is 0 Å². The van der Waals surface area contributed by atoms with Crippen LogP contribution in [0, 0.1) is 17.2 Å². The maximum atomic E-state index is 10.7. The summed E-state index contributed by atoms with van der Waals surface area (Å²) in [4.78, 5) is 22.4. The first-order chi connectivity index (χ1) is 14.9. The number of aliphatic hydroxyl groups excluding tert-OH is 1. The molecule has 31 heavy (non-hydrogen) atoms. The Hall–Kier alpha value is -2.90. The number of nitrogens with two attached hydrogens (primary N) is 1. The molecule has 0 bridgehead atoms. The van der Waals surface area contributed by atoms with E-state index in [1.165, 1.54) is 0 Å². The summed E-state index contributed by atoms with van der Waals surface area (Å²) in [5, 5.41) is 27.1. The summed E-state index contributed by atoms with van der Waals surface area (Å²) in [5.41, 5.74) is 8.44. The van der Waals surface area contributed by atoms with E-state index in [2.05, 4.69) is 39.9 Å². The van der Waals surface area contributed by atoms with E-state index in [4.69, 9.17) is 20.4 Å². The van der Waals surface area contributed by atoms with Gasteiger partial charge in [-0.2, -0.15) is 15.2 Å². The molecule has 1 fully saturated rings. The third-order valence-corrected chi connectivity index (χ3v) is 5.59. The van der Waals surface area contributed by atoms with Gasteiger partial charge in [-0.25, -0.2) is 0 Å². The SMILES string of the molecule is CCCCOc1nc(N)c2[nH]c(C#N)c(CCC(O)C3CCN(C)CC3)c2n1.O=CO. The summed E-state index contributed by atoms with van der Waals surface area (Å²) in [6.45, 7) is 4.39. The summed E-state index contributed by atoms with van der Waals surface area (Å²) in [6.07, 6.45) is 4.69. The fraction of sp³-hybridized carbons (Fsp3) is 0.619. The molecule has 0 radical (unpaired) electrons. The summed E-state index contributed by atoms with van der Waals surface area (Å²) < 4.78 is 5.61. The number of H-pyrrole nitrogens is 1. The van der Waals surface area contributed by atoms with Crippen LogP contribution in [0.2, 0.25) is 0 Å². The molecule has 2 aromatic rings. The van der Waals surface area contributed by atoms with E-state index in [1.54, 1.807) is 0 Å². The number of carbonyl (C=O) groups is 1. The Bertz CT molecular complexity index is 886. The Balaban J connectivity index is 0.00000107. The number of likely N-dealkylation sites (tertiary alicyclic amines) is 1. The molecular formula is C21H32N6O4. The lowest BCUT2D eigenvalue weighted by Gasteiger charge is -2.31. The minimum absolute atomic E-state index is 0.235. The van der Waals surface area contributed by atoms with Gasteiger partial charge in [-0.05, 0) is 58.2 Å². The van der Waals surface area contributed by atoms with E-state index in [0.29, 0.717) is 42.1 Å². The normalized spacial score (nSPS) is 15.7. The third-order valence-electron chi connectivity index (χ3n) is 5.59. The second kappa shape index (κ2) is 12.1. The number of nitrogens with one attached hydrogen (secondary N) is 1. The number of hydrogen-bond donors (Lipinski definition) is 4. The van der Waals surface area contributed by atoms with E-state index in [-0.39, 0.29) is 24.4 Å².